The van der Waals surface area contributed by atoms with Crippen molar-refractivity contribution >= 4 is 34.8 Å². The van der Waals surface area contributed by atoms with Crippen molar-refractivity contribution in [2.75, 3.05) is 18.8 Å². The smallest absolute Gasteiger partial charge is 0.326 e. The summed E-state index contributed by atoms with van der Waals surface area (Å²) in [5.74, 6) is -2.61. The number of carboxylic acids is 2. The van der Waals surface area contributed by atoms with Crippen LogP contribution in [0.3, 0.4) is 0 Å². The summed E-state index contributed by atoms with van der Waals surface area (Å²) in [5.41, 5.74) is 0. The zero-order valence-electron chi connectivity index (χ0n) is 10.00. The predicted molar refractivity (Wildman–Crippen MR) is 65.9 cm³/mol. The van der Waals surface area contributed by atoms with E-state index in [1.54, 1.807) is 0 Å². The van der Waals surface area contributed by atoms with Crippen molar-refractivity contribution < 1.29 is 29.4 Å². The van der Waals surface area contributed by atoms with Gasteiger partial charge in [-0.1, -0.05) is 11.8 Å². The van der Waals surface area contributed by atoms with Crippen LogP contribution < -0.4 is 5.32 Å². The first-order chi connectivity index (χ1) is 8.90. The molecular formula is C10H14N2O6S. The van der Waals surface area contributed by atoms with Crippen molar-refractivity contribution in [3.05, 3.63) is 0 Å². The summed E-state index contributed by atoms with van der Waals surface area (Å²) < 4.78 is 0. The van der Waals surface area contributed by atoms with Gasteiger partial charge < -0.3 is 20.4 Å². The molecule has 0 radical (unpaired) electrons. The number of nitrogens with one attached hydrogen (secondary N) is 1. The van der Waals surface area contributed by atoms with Crippen LogP contribution in [0, 0.1) is 0 Å². The van der Waals surface area contributed by atoms with Crippen LogP contribution in [0.5, 0.6) is 0 Å². The first-order valence-corrected chi connectivity index (χ1v) is 6.54. The Labute approximate surface area is 113 Å². The van der Waals surface area contributed by atoms with E-state index in [9.17, 15) is 19.2 Å². The van der Waals surface area contributed by atoms with Gasteiger partial charge in [-0.3, -0.25) is 14.4 Å². The average molecular weight is 290 g/mol. The highest BCUT2D eigenvalue weighted by molar-refractivity contribution is 8.13. The highest BCUT2D eigenvalue weighted by atomic mass is 32.2. The molecule has 0 saturated carbocycles. The SMILES string of the molecule is O=C(O)C[C@H](NC(=O)CCN1CCSC1=O)C(=O)O. The highest BCUT2D eigenvalue weighted by Crippen LogP contribution is 2.16. The van der Waals surface area contributed by atoms with Crippen LogP contribution in [-0.2, 0) is 14.4 Å². The number of nitrogens with zero attached hydrogens (tertiary/aromatic N) is 1. The van der Waals surface area contributed by atoms with E-state index in [4.69, 9.17) is 10.2 Å². The molecule has 1 fully saturated rings. The lowest BCUT2D eigenvalue weighted by Gasteiger charge is -2.16. The molecule has 3 N–H and O–H groups in total. The average Bonchev–Trinajstić information content (AvgIpc) is 2.70. The Morgan fingerprint density at radius 2 is 2.05 bits per heavy atom. The van der Waals surface area contributed by atoms with E-state index in [0.29, 0.717) is 12.3 Å². The largest absolute Gasteiger partial charge is 0.481 e. The maximum atomic E-state index is 11.5. The molecule has 1 saturated heterocycles. The molecule has 1 aliphatic rings. The van der Waals surface area contributed by atoms with Gasteiger partial charge in [0.25, 0.3) is 5.24 Å². The van der Waals surface area contributed by atoms with Gasteiger partial charge in [0.05, 0.1) is 6.42 Å². The van der Waals surface area contributed by atoms with E-state index >= 15 is 0 Å². The quantitative estimate of drug-likeness (QED) is 0.582. The molecule has 0 spiro atoms. The third-order valence-corrected chi connectivity index (χ3v) is 3.36. The summed E-state index contributed by atoms with van der Waals surface area (Å²) in [5, 5.41) is 19.3. The summed E-state index contributed by atoms with van der Waals surface area (Å²) in [6.07, 6.45) is -0.727. The van der Waals surface area contributed by atoms with Crippen molar-refractivity contribution in [2.45, 2.75) is 18.9 Å². The molecule has 9 heteroatoms. The molecular weight excluding hydrogens is 276 g/mol. The van der Waals surface area contributed by atoms with Gasteiger partial charge in [-0.2, -0.15) is 0 Å². The number of aliphatic carboxylic acids is 2. The van der Waals surface area contributed by atoms with Gasteiger partial charge in [0.2, 0.25) is 5.91 Å². The normalized spacial score (nSPS) is 16.2. The summed E-state index contributed by atoms with van der Waals surface area (Å²) in [7, 11) is 0. The zero-order valence-corrected chi connectivity index (χ0v) is 10.8. The second-order valence-corrected chi connectivity index (χ2v) is 4.95. The Morgan fingerprint density at radius 3 is 2.53 bits per heavy atom. The minimum Gasteiger partial charge on any atom is -0.481 e. The molecule has 0 aromatic rings. The number of amides is 2. The Hall–Kier alpha value is -1.77. The molecule has 8 nitrogen and oxygen atoms in total. The lowest BCUT2D eigenvalue weighted by atomic mass is 10.2. The molecule has 0 unspecified atom stereocenters. The van der Waals surface area contributed by atoms with Crippen molar-refractivity contribution in [1.29, 1.82) is 0 Å². The van der Waals surface area contributed by atoms with Crippen LogP contribution in [0.2, 0.25) is 0 Å². The van der Waals surface area contributed by atoms with E-state index in [0.717, 1.165) is 0 Å². The van der Waals surface area contributed by atoms with Crippen LogP contribution in [0.4, 0.5) is 4.79 Å². The fourth-order valence-corrected chi connectivity index (χ4v) is 2.36. The van der Waals surface area contributed by atoms with Crippen molar-refractivity contribution in [2.24, 2.45) is 0 Å². The lowest BCUT2D eigenvalue weighted by molar-refractivity contribution is -0.147. The van der Waals surface area contributed by atoms with E-state index in [2.05, 4.69) is 5.32 Å². The number of carbonyl (C=O) groups excluding carboxylic acids is 2. The first-order valence-electron chi connectivity index (χ1n) is 5.56. The minimum atomic E-state index is -1.45. The fraction of sp³-hybridized carbons (Fsp3) is 0.600. The second kappa shape index (κ2) is 6.98. The lowest BCUT2D eigenvalue weighted by Crippen LogP contribution is -2.43. The van der Waals surface area contributed by atoms with Crippen molar-refractivity contribution in [1.82, 2.24) is 10.2 Å². The maximum absolute atomic E-state index is 11.5. The van der Waals surface area contributed by atoms with Gasteiger partial charge >= 0.3 is 11.9 Å². The number of rotatable bonds is 7. The summed E-state index contributed by atoms with van der Waals surface area (Å²) in [4.78, 5) is 45.4. The second-order valence-electron chi connectivity index (χ2n) is 3.91. The number of carbonyl (C=O) groups is 4. The van der Waals surface area contributed by atoms with E-state index in [1.807, 2.05) is 0 Å². The number of carboxylic acid groups (broad SMARTS) is 2. The molecule has 0 aliphatic carbocycles. The Kier molecular flexibility index (Phi) is 5.61. The molecule has 1 aliphatic heterocycles. The Bertz CT molecular complexity index is 399. The van der Waals surface area contributed by atoms with Crippen molar-refractivity contribution in [3.63, 3.8) is 0 Å². The third-order valence-electron chi connectivity index (χ3n) is 2.47. The standard InChI is InChI=1S/C10H14N2O6S/c13-7(1-2-12-3-4-19-10(12)18)11-6(9(16)17)5-8(14)15/h6H,1-5H2,(H,11,13)(H,14,15)(H,16,17)/t6-/m0/s1. The summed E-state index contributed by atoms with van der Waals surface area (Å²) >= 11 is 1.17. The van der Waals surface area contributed by atoms with Gasteiger partial charge in [-0.15, -0.1) is 0 Å². The molecule has 106 valence electrons. The number of hydrogen-bond acceptors (Lipinski definition) is 5. The van der Waals surface area contributed by atoms with Gasteiger partial charge in [0.1, 0.15) is 6.04 Å². The zero-order chi connectivity index (χ0) is 14.4. The summed E-state index contributed by atoms with van der Waals surface area (Å²) in [6.45, 7) is 0.769. The molecule has 19 heavy (non-hydrogen) atoms. The van der Waals surface area contributed by atoms with Gasteiger partial charge in [-0.05, 0) is 0 Å². The molecule has 1 rings (SSSR count). The topological polar surface area (TPSA) is 124 Å². The third kappa shape index (κ3) is 5.16. The summed E-state index contributed by atoms with van der Waals surface area (Å²) in [6, 6.07) is -1.45. The molecule has 1 atom stereocenters. The monoisotopic (exact) mass is 290 g/mol. The number of thioether (sulfide) groups is 1. The fourth-order valence-electron chi connectivity index (χ4n) is 1.51. The molecule has 1 heterocycles. The Morgan fingerprint density at radius 1 is 1.37 bits per heavy atom. The maximum Gasteiger partial charge on any atom is 0.326 e. The minimum absolute atomic E-state index is 0.0459. The van der Waals surface area contributed by atoms with Gasteiger partial charge in [-0.25, -0.2) is 4.79 Å². The molecule has 2 amide bonds. The van der Waals surface area contributed by atoms with Crippen LogP contribution in [-0.4, -0.2) is 63.1 Å². The van der Waals surface area contributed by atoms with E-state index in [-0.39, 0.29) is 18.2 Å². The van der Waals surface area contributed by atoms with E-state index in [1.165, 1.54) is 16.7 Å². The van der Waals surface area contributed by atoms with Gasteiger partial charge in [0, 0.05) is 25.3 Å². The van der Waals surface area contributed by atoms with Crippen LogP contribution in [0.15, 0.2) is 0 Å². The molecule has 0 aromatic carbocycles. The van der Waals surface area contributed by atoms with Crippen molar-refractivity contribution in [3.8, 4) is 0 Å². The van der Waals surface area contributed by atoms with Crippen LogP contribution in [0.1, 0.15) is 12.8 Å². The van der Waals surface area contributed by atoms with Crippen LogP contribution in [0.25, 0.3) is 0 Å². The molecule has 0 aromatic heterocycles. The van der Waals surface area contributed by atoms with Crippen LogP contribution >= 0.6 is 11.8 Å². The Balaban J connectivity index is 2.37. The van der Waals surface area contributed by atoms with E-state index < -0.39 is 30.3 Å². The highest BCUT2D eigenvalue weighted by Gasteiger charge is 2.25. The van der Waals surface area contributed by atoms with Gasteiger partial charge in [0.15, 0.2) is 0 Å². The predicted octanol–water partition coefficient (Wildman–Crippen LogP) is -0.411. The number of hydrogen-bond donors (Lipinski definition) is 3. The molecule has 0 bridgehead atoms. The first kappa shape index (κ1) is 15.3.